The molecule has 3 heterocycles. The lowest BCUT2D eigenvalue weighted by Gasteiger charge is -2.36. The number of nitrogens with zero attached hydrogens (tertiary/aromatic N) is 2. The number of benzene rings is 1. The van der Waals surface area contributed by atoms with E-state index in [9.17, 15) is 8.42 Å². The van der Waals surface area contributed by atoms with Crippen molar-refractivity contribution in [3.8, 4) is 0 Å². The summed E-state index contributed by atoms with van der Waals surface area (Å²) in [5, 5.41) is 3.47. The highest BCUT2D eigenvalue weighted by atomic mass is 32.2. The van der Waals surface area contributed by atoms with Gasteiger partial charge in [0.2, 0.25) is 0 Å². The quantitative estimate of drug-likeness (QED) is 0.829. The van der Waals surface area contributed by atoms with Gasteiger partial charge in [0.1, 0.15) is 0 Å². The molecule has 3 saturated heterocycles. The van der Waals surface area contributed by atoms with Crippen LogP contribution in [0.15, 0.2) is 24.3 Å². The Labute approximate surface area is 163 Å². The molecule has 1 N–H and O–H groups in total. The number of ether oxygens (including phenoxy) is 1. The number of aryl methyl sites for hydroxylation is 1. The number of hydrogen-bond donors (Lipinski definition) is 1. The maximum absolute atomic E-state index is 13.6. The molecule has 27 heavy (non-hydrogen) atoms. The van der Waals surface area contributed by atoms with E-state index in [4.69, 9.17) is 4.74 Å². The van der Waals surface area contributed by atoms with Gasteiger partial charge in [-0.2, -0.15) is 17.0 Å². The molecule has 0 bridgehead atoms. The molecule has 150 valence electrons. The largest absolute Gasteiger partial charge is 0.384 e. The van der Waals surface area contributed by atoms with Gasteiger partial charge in [0.05, 0.1) is 6.04 Å². The number of rotatable bonds is 5. The van der Waals surface area contributed by atoms with Gasteiger partial charge in [-0.15, -0.1) is 0 Å². The van der Waals surface area contributed by atoms with Crippen molar-refractivity contribution in [1.29, 1.82) is 0 Å². The average molecular weight is 394 g/mol. The first kappa shape index (κ1) is 19.3. The van der Waals surface area contributed by atoms with Gasteiger partial charge in [0.25, 0.3) is 10.2 Å². The minimum atomic E-state index is -3.46. The standard InChI is InChI=1S/C20H31N3O3S/c1-15-5-3-4-6-18(15)20-19-12-21-11-17(19)13-23(20)27(24,25)22-9-7-16(8-10-22)14-26-2/h3-6,16-17,19-21H,7-14H2,1-2H3/t17-,19-,20-/m0/s1. The maximum Gasteiger partial charge on any atom is 0.282 e. The molecule has 0 aromatic heterocycles. The molecule has 6 nitrogen and oxygen atoms in total. The molecule has 3 fully saturated rings. The third kappa shape index (κ3) is 3.56. The lowest BCUT2D eigenvalue weighted by Crippen LogP contribution is -2.48. The summed E-state index contributed by atoms with van der Waals surface area (Å²) in [4.78, 5) is 0. The van der Waals surface area contributed by atoms with Crippen molar-refractivity contribution in [2.45, 2.75) is 25.8 Å². The van der Waals surface area contributed by atoms with Crippen molar-refractivity contribution in [1.82, 2.24) is 13.9 Å². The molecule has 0 radical (unpaired) electrons. The van der Waals surface area contributed by atoms with Gasteiger partial charge in [-0.1, -0.05) is 24.3 Å². The molecular weight excluding hydrogens is 362 g/mol. The summed E-state index contributed by atoms with van der Waals surface area (Å²) in [5.41, 5.74) is 2.33. The third-order valence-corrected chi connectivity index (χ3v) is 8.61. The number of hydrogen-bond acceptors (Lipinski definition) is 4. The van der Waals surface area contributed by atoms with E-state index >= 15 is 0 Å². The minimum absolute atomic E-state index is 0.0621. The second-order valence-corrected chi connectivity index (χ2v) is 10.1. The van der Waals surface area contributed by atoms with Gasteiger partial charge < -0.3 is 10.1 Å². The van der Waals surface area contributed by atoms with Crippen LogP contribution in [0.3, 0.4) is 0 Å². The predicted molar refractivity (Wildman–Crippen MR) is 106 cm³/mol. The molecule has 7 heteroatoms. The van der Waals surface area contributed by atoms with E-state index in [1.165, 1.54) is 5.56 Å². The van der Waals surface area contributed by atoms with Crippen molar-refractivity contribution >= 4 is 10.2 Å². The van der Waals surface area contributed by atoms with Crippen LogP contribution in [0, 0.1) is 24.7 Å². The SMILES string of the molecule is COCC1CCN(S(=O)(=O)N2C[C@@H]3CNC[C@@H]3[C@@H]2c2ccccc2C)CC1. The zero-order valence-corrected chi connectivity index (χ0v) is 17.1. The second kappa shape index (κ2) is 7.79. The summed E-state index contributed by atoms with van der Waals surface area (Å²) in [6.45, 7) is 6.44. The normalized spacial score (nSPS) is 30.7. The van der Waals surface area contributed by atoms with E-state index in [1.807, 2.05) is 16.4 Å². The van der Waals surface area contributed by atoms with Crippen molar-refractivity contribution in [2.24, 2.45) is 17.8 Å². The van der Waals surface area contributed by atoms with E-state index < -0.39 is 10.2 Å². The number of fused-ring (bicyclic) bond motifs is 1. The fraction of sp³-hybridized carbons (Fsp3) is 0.700. The topological polar surface area (TPSA) is 61.9 Å². The molecule has 0 amide bonds. The lowest BCUT2D eigenvalue weighted by molar-refractivity contribution is 0.119. The van der Waals surface area contributed by atoms with Crippen molar-refractivity contribution in [2.75, 3.05) is 46.4 Å². The van der Waals surface area contributed by atoms with E-state index in [2.05, 4.69) is 24.4 Å². The van der Waals surface area contributed by atoms with Crippen LogP contribution in [0.1, 0.15) is 30.0 Å². The van der Waals surface area contributed by atoms with Crippen molar-refractivity contribution in [3.05, 3.63) is 35.4 Å². The fourth-order valence-corrected chi connectivity index (χ4v) is 7.02. The number of nitrogens with one attached hydrogen (secondary N) is 1. The summed E-state index contributed by atoms with van der Waals surface area (Å²) in [6, 6.07) is 8.18. The monoisotopic (exact) mass is 393 g/mol. The Hall–Kier alpha value is -0.990. The van der Waals surface area contributed by atoms with Crippen LogP contribution >= 0.6 is 0 Å². The third-order valence-electron chi connectivity index (χ3n) is 6.63. The first-order chi connectivity index (χ1) is 13.0. The molecule has 3 atom stereocenters. The molecule has 0 aliphatic carbocycles. The van der Waals surface area contributed by atoms with E-state index in [-0.39, 0.29) is 6.04 Å². The maximum atomic E-state index is 13.6. The Morgan fingerprint density at radius 2 is 1.93 bits per heavy atom. The zero-order valence-electron chi connectivity index (χ0n) is 16.3. The fourth-order valence-electron chi connectivity index (χ4n) is 5.11. The van der Waals surface area contributed by atoms with Crippen molar-refractivity contribution in [3.63, 3.8) is 0 Å². The van der Waals surface area contributed by atoms with Crippen LogP contribution in [-0.2, 0) is 14.9 Å². The highest BCUT2D eigenvalue weighted by Gasteiger charge is 2.51. The minimum Gasteiger partial charge on any atom is -0.384 e. The Morgan fingerprint density at radius 1 is 1.19 bits per heavy atom. The summed E-state index contributed by atoms with van der Waals surface area (Å²) in [6.07, 6.45) is 1.76. The van der Waals surface area contributed by atoms with E-state index in [1.54, 1.807) is 11.4 Å². The smallest absolute Gasteiger partial charge is 0.282 e. The van der Waals surface area contributed by atoms with Crippen LogP contribution in [0.5, 0.6) is 0 Å². The summed E-state index contributed by atoms with van der Waals surface area (Å²) in [7, 11) is -1.74. The average Bonchev–Trinajstić information content (AvgIpc) is 3.25. The molecule has 0 unspecified atom stereocenters. The summed E-state index contributed by atoms with van der Waals surface area (Å²) >= 11 is 0. The van der Waals surface area contributed by atoms with Gasteiger partial charge in [0, 0.05) is 39.9 Å². The van der Waals surface area contributed by atoms with Gasteiger partial charge in [-0.25, -0.2) is 0 Å². The zero-order chi connectivity index (χ0) is 19.0. The van der Waals surface area contributed by atoms with Crippen LogP contribution in [0.2, 0.25) is 0 Å². The molecule has 1 aromatic rings. The lowest BCUT2D eigenvalue weighted by atomic mass is 9.88. The molecule has 3 aliphatic heterocycles. The Morgan fingerprint density at radius 3 is 2.63 bits per heavy atom. The van der Waals surface area contributed by atoms with Crippen LogP contribution in [0.4, 0.5) is 0 Å². The van der Waals surface area contributed by atoms with Gasteiger partial charge in [-0.05, 0) is 55.2 Å². The van der Waals surface area contributed by atoms with Gasteiger partial charge >= 0.3 is 0 Å². The number of methoxy groups -OCH3 is 1. The molecule has 3 aliphatic rings. The molecular formula is C20H31N3O3S. The molecule has 0 saturated carbocycles. The van der Waals surface area contributed by atoms with E-state index in [0.29, 0.717) is 37.4 Å². The van der Waals surface area contributed by atoms with Crippen LogP contribution < -0.4 is 5.32 Å². The summed E-state index contributed by atoms with van der Waals surface area (Å²) < 4.78 is 35.9. The molecule has 1 aromatic carbocycles. The van der Waals surface area contributed by atoms with E-state index in [0.717, 1.165) is 38.1 Å². The first-order valence-corrected chi connectivity index (χ1v) is 11.4. The Balaban J connectivity index is 1.60. The predicted octanol–water partition coefficient (Wildman–Crippen LogP) is 1.79. The summed E-state index contributed by atoms with van der Waals surface area (Å²) in [5.74, 6) is 1.22. The van der Waals surface area contributed by atoms with Crippen LogP contribution in [-0.4, -0.2) is 63.5 Å². The van der Waals surface area contributed by atoms with Gasteiger partial charge in [-0.3, -0.25) is 0 Å². The first-order valence-electron chi connectivity index (χ1n) is 10.0. The van der Waals surface area contributed by atoms with Crippen LogP contribution in [0.25, 0.3) is 0 Å². The highest BCUT2D eigenvalue weighted by Crippen LogP contribution is 2.45. The molecule has 4 rings (SSSR count). The molecule has 0 spiro atoms. The van der Waals surface area contributed by atoms with Gasteiger partial charge in [0.15, 0.2) is 0 Å². The van der Waals surface area contributed by atoms with Crippen molar-refractivity contribution < 1.29 is 13.2 Å². The number of piperidine rings is 1. The Bertz CT molecular complexity index is 761. The second-order valence-electron chi connectivity index (χ2n) is 8.26. The Kier molecular flexibility index (Phi) is 5.58. The highest BCUT2D eigenvalue weighted by molar-refractivity contribution is 7.86.